The van der Waals surface area contributed by atoms with E-state index in [0.29, 0.717) is 19.6 Å². The number of nitrogens with one attached hydrogen (secondary N) is 1. The van der Waals surface area contributed by atoms with Crippen molar-refractivity contribution in [1.82, 2.24) is 9.88 Å². The summed E-state index contributed by atoms with van der Waals surface area (Å²) in [4.78, 5) is 5.42. The fraction of sp³-hybridized carbons (Fsp3) is 0.364. The molecule has 154 valence electrons. The molecule has 2 heterocycles. The predicted octanol–water partition coefficient (Wildman–Crippen LogP) is 4.74. The highest BCUT2D eigenvalue weighted by Gasteiger charge is 2.25. The van der Waals surface area contributed by atoms with Crippen molar-refractivity contribution in [2.24, 2.45) is 0 Å². The normalized spacial score (nSPS) is 17.4. The molecule has 1 aromatic heterocycles. The Morgan fingerprint density at radius 2 is 1.97 bits per heavy atom. The van der Waals surface area contributed by atoms with Gasteiger partial charge in [0.1, 0.15) is 18.2 Å². The highest BCUT2D eigenvalue weighted by atomic mass is 19.3. The Morgan fingerprint density at radius 1 is 1.14 bits per heavy atom. The molecule has 1 saturated heterocycles. The largest absolute Gasteiger partial charge is 0.488 e. The number of nitrogens with zero attached hydrogens (tertiary/aromatic N) is 1. The molecule has 0 amide bonds. The molecule has 29 heavy (non-hydrogen) atoms. The van der Waals surface area contributed by atoms with Crippen molar-refractivity contribution in [3.05, 3.63) is 65.6 Å². The fourth-order valence-electron chi connectivity index (χ4n) is 3.81. The van der Waals surface area contributed by atoms with E-state index in [4.69, 9.17) is 4.74 Å². The average Bonchev–Trinajstić information content (AvgIpc) is 3.32. The van der Waals surface area contributed by atoms with E-state index < -0.39 is 12.7 Å². The summed E-state index contributed by atoms with van der Waals surface area (Å²) in [5.41, 5.74) is 2.99. The summed E-state index contributed by atoms with van der Waals surface area (Å²) in [6.07, 6.45) is 2.98. The van der Waals surface area contributed by atoms with Crippen LogP contribution >= 0.6 is 0 Å². The molecule has 1 atom stereocenters. The van der Waals surface area contributed by atoms with E-state index in [1.54, 1.807) is 12.1 Å². The minimum Gasteiger partial charge on any atom is -0.488 e. The SMILES string of the molecule is Fc1ccc(COc2cccc3[nH]cc(CCN4CC[C@@H](OC(F)F)C4)c23)cc1. The van der Waals surface area contributed by atoms with Crippen molar-refractivity contribution < 1.29 is 22.6 Å². The lowest BCUT2D eigenvalue weighted by Gasteiger charge is -2.16. The number of rotatable bonds is 8. The van der Waals surface area contributed by atoms with Crippen LogP contribution in [0, 0.1) is 5.82 Å². The first kappa shape index (κ1) is 19.8. The van der Waals surface area contributed by atoms with Crippen molar-refractivity contribution in [2.75, 3.05) is 19.6 Å². The molecule has 0 spiro atoms. The van der Waals surface area contributed by atoms with Crippen LogP contribution in [0.3, 0.4) is 0 Å². The minimum absolute atomic E-state index is 0.271. The summed E-state index contributed by atoms with van der Waals surface area (Å²) in [6.45, 7) is -0.311. The zero-order valence-electron chi connectivity index (χ0n) is 15.9. The molecule has 0 radical (unpaired) electrons. The van der Waals surface area contributed by atoms with E-state index in [1.807, 2.05) is 24.4 Å². The Labute approximate surface area is 167 Å². The molecule has 0 aliphatic carbocycles. The molecule has 1 fully saturated rings. The van der Waals surface area contributed by atoms with Crippen LogP contribution in [0.15, 0.2) is 48.7 Å². The van der Waals surface area contributed by atoms with Gasteiger partial charge in [0.2, 0.25) is 0 Å². The molecule has 4 nitrogen and oxygen atoms in total. The second-order valence-corrected chi connectivity index (χ2v) is 7.27. The van der Waals surface area contributed by atoms with Crippen molar-refractivity contribution >= 4 is 10.9 Å². The van der Waals surface area contributed by atoms with Gasteiger partial charge in [0.05, 0.1) is 6.10 Å². The first-order chi connectivity index (χ1) is 14.1. The number of alkyl halides is 2. The van der Waals surface area contributed by atoms with Gasteiger partial charge in [-0.1, -0.05) is 18.2 Å². The minimum atomic E-state index is -2.71. The number of aromatic amines is 1. The number of fused-ring (bicyclic) bond motifs is 1. The van der Waals surface area contributed by atoms with Gasteiger partial charge in [-0.15, -0.1) is 0 Å². The van der Waals surface area contributed by atoms with Crippen LogP contribution in [0.2, 0.25) is 0 Å². The summed E-state index contributed by atoms with van der Waals surface area (Å²) < 4.78 is 48.5. The Morgan fingerprint density at radius 3 is 2.76 bits per heavy atom. The van der Waals surface area contributed by atoms with E-state index in [0.717, 1.165) is 47.3 Å². The van der Waals surface area contributed by atoms with Gasteiger partial charge >= 0.3 is 6.61 Å². The maximum Gasteiger partial charge on any atom is 0.345 e. The Bertz CT molecular complexity index is 943. The quantitative estimate of drug-likeness (QED) is 0.589. The number of H-pyrrole nitrogens is 1. The summed E-state index contributed by atoms with van der Waals surface area (Å²) in [6, 6.07) is 12.1. The van der Waals surface area contributed by atoms with Crippen LogP contribution in [0.5, 0.6) is 5.75 Å². The van der Waals surface area contributed by atoms with Crippen molar-refractivity contribution in [3.8, 4) is 5.75 Å². The highest BCUT2D eigenvalue weighted by molar-refractivity contribution is 5.89. The van der Waals surface area contributed by atoms with E-state index in [2.05, 4.69) is 14.6 Å². The zero-order chi connectivity index (χ0) is 20.2. The number of halogens is 3. The lowest BCUT2D eigenvalue weighted by Crippen LogP contribution is -2.26. The fourth-order valence-corrected chi connectivity index (χ4v) is 3.81. The van der Waals surface area contributed by atoms with E-state index in [9.17, 15) is 13.2 Å². The first-order valence-electron chi connectivity index (χ1n) is 9.70. The number of hydrogen-bond acceptors (Lipinski definition) is 3. The number of hydrogen-bond donors (Lipinski definition) is 1. The van der Waals surface area contributed by atoms with Crippen LogP contribution in [0.25, 0.3) is 10.9 Å². The second kappa shape index (κ2) is 8.88. The topological polar surface area (TPSA) is 37.5 Å². The van der Waals surface area contributed by atoms with Gasteiger partial charge in [-0.3, -0.25) is 0 Å². The summed E-state index contributed by atoms with van der Waals surface area (Å²) in [5.74, 6) is 0.496. The molecule has 2 aromatic carbocycles. The number of benzene rings is 2. The summed E-state index contributed by atoms with van der Waals surface area (Å²) >= 11 is 0. The third-order valence-corrected chi connectivity index (χ3v) is 5.28. The van der Waals surface area contributed by atoms with Crippen molar-refractivity contribution in [2.45, 2.75) is 32.2 Å². The lowest BCUT2D eigenvalue weighted by molar-refractivity contribution is -0.158. The van der Waals surface area contributed by atoms with Crippen molar-refractivity contribution in [1.29, 1.82) is 0 Å². The standard InChI is InChI=1S/C22H23F3N2O2/c23-17-6-4-15(5-7-17)14-28-20-3-1-2-19-21(20)16(12-26-19)8-10-27-11-9-18(13-27)29-22(24)25/h1-7,12,18,22,26H,8-11,13-14H2/t18-/m1/s1. The smallest absolute Gasteiger partial charge is 0.345 e. The first-order valence-corrected chi connectivity index (χ1v) is 9.70. The molecule has 3 aromatic rings. The van der Waals surface area contributed by atoms with E-state index in [1.165, 1.54) is 12.1 Å². The van der Waals surface area contributed by atoms with E-state index >= 15 is 0 Å². The third kappa shape index (κ3) is 4.92. The number of aromatic nitrogens is 1. The van der Waals surface area contributed by atoms with Crippen LogP contribution in [-0.2, 0) is 17.8 Å². The molecule has 1 aliphatic rings. The van der Waals surface area contributed by atoms with Crippen LogP contribution in [0.1, 0.15) is 17.5 Å². The number of ether oxygens (including phenoxy) is 2. The van der Waals surface area contributed by atoms with Gasteiger partial charge in [-0.25, -0.2) is 4.39 Å². The Kier molecular flexibility index (Phi) is 6.06. The van der Waals surface area contributed by atoms with E-state index in [-0.39, 0.29) is 5.82 Å². The summed E-state index contributed by atoms with van der Waals surface area (Å²) in [7, 11) is 0. The third-order valence-electron chi connectivity index (χ3n) is 5.28. The van der Waals surface area contributed by atoms with Gasteiger partial charge < -0.3 is 19.4 Å². The lowest BCUT2D eigenvalue weighted by atomic mass is 10.1. The average molecular weight is 404 g/mol. The molecule has 0 unspecified atom stereocenters. The van der Waals surface area contributed by atoms with Crippen LogP contribution in [0.4, 0.5) is 13.2 Å². The van der Waals surface area contributed by atoms with Crippen LogP contribution in [-0.4, -0.2) is 42.2 Å². The van der Waals surface area contributed by atoms with Gasteiger partial charge in [0, 0.05) is 36.7 Å². The molecule has 7 heteroatoms. The Balaban J connectivity index is 1.41. The molecule has 4 rings (SSSR count). The second-order valence-electron chi connectivity index (χ2n) is 7.27. The molecule has 1 N–H and O–H groups in total. The van der Waals surface area contributed by atoms with Gasteiger partial charge in [0.25, 0.3) is 0 Å². The predicted molar refractivity (Wildman–Crippen MR) is 105 cm³/mol. The Hall–Kier alpha value is -2.51. The highest BCUT2D eigenvalue weighted by Crippen LogP contribution is 2.30. The van der Waals surface area contributed by atoms with Gasteiger partial charge in [0.15, 0.2) is 0 Å². The maximum absolute atomic E-state index is 13.1. The molecule has 0 bridgehead atoms. The van der Waals surface area contributed by atoms with Gasteiger partial charge in [-0.05, 0) is 48.2 Å². The maximum atomic E-state index is 13.1. The summed E-state index contributed by atoms with van der Waals surface area (Å²) in [5, 5.41) is 1.02. The molecule has 1 aliphatic heterocycles. The zero-order valence-corrected chi connectivity index (χ0v) is 15.9. The molecular weight excluding hydrogens is 381 g/mol. The van der Waals surface area contributed by atoms with Crippen LogP contribution < -0.4 is 4.74 Å². The monoisotopic (exact) mass is 404 g/mol. The molecular formula is C22H23F3N2O2. The number of likely N-dealkylation sites (tertiary alicyclic amines) is 1. The van der Waals surface area contributed by atoms with Gasteiger partial charge in [-0.2, -0.15) is 8.78 Å². The molecule has 0 saturated carbocycles. The van der Waals surface area contributed by atoms with Crippen molar-refractivity contribution in [3.63, 3.8) is 0 Å².